The molecule has 0 amide bonds. The van der Waals surface area contributed by atoms with Gasteiger partial charge >= 0.3 is 5.69 Å². The van der Waals surface area contributed by atoms with Crippen LogP contribution in [0.15, 0.2) is 47.3 Å². The molecular weight excluding hydrogens is 366 g/mol. The zero-order chi connectivity index (χ0) is 21.2. The molecular formula is C23H31N3O3. The van der Waals surface area contributed by atoms with E-state index >= 15 is 0 Å². The molecule has 3 aromatic rings. The van der Waals surface area contributed by atoms with Crippen LogP contribution in [0.4, 0.5) is 0 Å². The monoisotopic (exact) mass is 397 g/mol. The predicted molar refractivity (Wildman–Crippen MR) is 116 cm³/mol. The first-order valence-corrected chi connectivity index (χ1v) is 10.0. The van der Waals surface area contributed by atoms with E-state index in [1.165, 1.54) is 5.56 Å². The first-order chi connectivity index (χ1) is 13.7. The molecule has 0 spiro atoms. The standard InChI is InChI=1S/C23H31N3O3/c1-6-23(2,3)24-14-16-7-10-18(11-8-16)29-15-21(27)17-9-12-19-20(13-17)26(5)22(28)25(19)4/h7-13,21,24,27H,6,14-15H2,1-5H3/t21-/m1/s1. The van der Waals surface area contributed by atoms with Gasteiger partial charge in [0.25, 0.3) is 0 Å². The number of ether oxygens (including phenoxy) is 1. The molecule has 2 aromatic carbocycles. The highest BCUT2D eigenvalue weighted by Gasteiger charge is 2.14. The maximum Gasteiger partial charge on any atom is 0.328 e. The van der Waals surface area contributed by atoms with Crippen molar-refractivity contribution >= 4 is 11.0 Å². The number of aryl methyl sites for hydroxylation is 2. The summed E-state index contributed by atoms with van der Waals surface area (Å²) in [6.07, 6.45) is 0.288. The SMILES string of the molecule is CCC(C)(C)NCc1ccc(OC[C@@H](O)c2ccc3c(c2)n(C)c(=O)n3C)cc1. The van der Waals surface area contributed by atoms with Crippen molar-refractivity contribution in [3.63, 3.8) is 0 Å². The van der Waals surface area contributed by atoms with Gasteiger partial charge in [-0.2, -0.15) is 0 Å². The van der Waals surface area contributed by atoms with E-state index in [9.17, 15) is 9.90 Å². The number of nitrogens with zero attached hydrogens (tertiary/aromatic N) is 2. The van der Waals surface area contributed by atoms with Gasteiger partial charge in [-0.1, -0.05) is 25.1 Å². The number of rotatable bonds is 8. The lowest BCUT2D eigenvalue weighted by Gasteiger charge is -2.24. The minimum Gasteiger partial charge on any atom is -0.491 e. The van der Waals surface area contributed by atoms with Crippen LogP contribution in [-0.2, 0) is 20.6 Å². The minimum atomic E-state index is -0.776. The molecule has 2 N–H and O–H groups in total. The molecule has 6 heteroatoms. The summed E-state index contributed by atoms with van der Waals surface area (Å²) in [6.45, 7) is 7.50. The normalized spacial score (nSPS) is 13.0. The maximum atomic E-state index is 12.1. The second-order valence-corrected chi connectivity index (χ2v) is 8.21. The number of imidazole rings is 1. The number of aromatic nitrogens is 2. The first kappa shape index (κ1) is 21.1. The number of nitrogens with one attached hydrogen (secondary N) is 1. The molecule has 1 heterocycles. The molecule has 0 aliphatic heterocycles. The Labute approximate surface area is 171 Å². The van der Waals surface area contributed by atoms with Crippen LogP contribution in [0.25, 0.3) is 11.0 Å². The van der Waals surface area contributed by atoms with Gasteiger partial charge in [0.2, 0.25) is 0 Å². The summed E-state index contributed by atoms with van der Waals surface area (Å²) in [6, 6.07) is 13.4. The molecule has 156 valence electrons. The van der Waals surface area contributed by atoms with E-state index in [-0.39, 0.29) is 17.8 Å². The topological polar surface area (TPSA) is 68.4 Å². The fraction of sp³-hybridized carbons (Fsp3) is 0.435. The second-order valence-electron chi connectivity index (χ2n) is 8.21. The lowest BCUT2D eigenvalue weighted by Crippen LogP contribution is -2.37. The van der Waals surface area contributed by atoms with Crippen molar-refractivity contribution < 1.29 is 9.84 Å². The van der Waals surface area contributed by atoms with Crippen molar-refractivity contribution in [2.24, 2.45) is 14.1 Å². The summed E-state index contributed by atoms with van der Waals surface area (Å²) < 4.78 is 8.95. The fourth-order valence-corrected chi connectivity index (χ4v) is 3.17. The number of aliphatic hydroxyl groups excluding tert-OH is 1. The van der Waals surface area contributed by atoms with Crippen molar-refractivity contribution in [3.05, 3.63) is 64.1 Å². The summed E-state index contributed by atoms with van der Waals surface area (Å²) >= 11 is 0. The van der Waals surface area contributed by atoms with Crippen molar-refractivity contribution in [2.45, 2.75) is 45.4 Å². The lowest BCUT2D eigenvalue weighted by atomic mass is 10.0. The second kappa shape index (κ2) is 8.43. The van der Waals surface area contributed by atoms with Gasteiger partial charge < -0.3 is 15.2 Å². The molecule has 1 atom stereocenters. The molecule has 0 aliphatic carbocycles. The van der Waals surface area contributed by atoms with Crippen LogP contribution in [0.5, 0.6) is 5.75 Å². The number of hydrogen-bond acceptors (Lipinski definition) is 4. The van der Waals surface area contributed by atoms with E-state index in [2.05, 4.69) is 26.1 Å². The van der Waals surface area contributed by atoms with Gasteiger partial charge in [0, 0.05) is 26.2 Å². The number of hydrogen-bond donors (Lipinski definition) is 2. The molecule has 29 heavy (non-hydrogen) atoms. The van der Waals surface area contributed by atoms with Crippen LogP contribution < -0.4 is 15.7 Å². The maximum absolute atomic E-state index is 12.1. The average Bonchev–Trinajstić information content (AvgIpc) is 2.95. The highest BCUT2D eigenvalue weighted by Crippen LogP contribution is 2.21. The Kier molecular flexibility index (Phi) is 6.15. The molecule has 0 radical (unpaired) electrons. The number of benzene rings is 2. The first-order valence-electron chi connectivity index (χ1n) is 10.0. The number of fused-ring (bicyclic) bond motifs is 1. The average molecular weight is 398 g/mol. The summed E-state index contributed by atoms with van der Waals surface area (Å²) in [5.41, 5.74) is 3.57. The van der Waals surface area contributed by atoms with Crippen LogP contribution in [0.2, 0.25) is 0 Å². The van der Waals surface area contributed by atoms with E-state index < -0.39 is 6.10 Å². The Hall–Kier alpha value is -2.57. The van der Waals surface area contributed by atoms with Gasteiger partial charge in [-0.15, -0.1) is 0 Å². The summed E-state index contributed by atoms with van der Waals surface area (Å²) in [4.78, 5) is 12.1. The van der Waals surface area contributed by atoms with Crippen LogP contribution in [0.3, 0.4) is 0 Å². The van der Waals surface area contributed by atoms with E-state index in [1.54, 1.807) is 23.2 Å². The lowest BCUT2D eigenvalue weighted by molar-refractivity contribution is 0.108. The molecule has 3 rings (SSSR count). The quantitative estimate of drug-likeness (QED) is 0.612. The third-order valence-corrected chi connectivity index (χ3v) is 5.67. The van der Waals surface area contributed by atoms with Gasteiger partial charge in [-0.3, -0.25) is 9.13 Å². The van der Waals surface area contributed by atoms with Crippen molar-refractivity contribution in [1.29, 1.82) is 0 Å². The zero-order valence-electron chi connectivity index (χ0n) is 17.9. The molecule has 0 fully saturated rings. The Morgan fingerprint density at radius 3 is 2.38 bits per heavy atom. The fourth-order valence-electron chi connectivity index (χ4n) is 3.17. The van der Waals surface area contributed by atoms with Crippen molar-refractivity contribution in [3.8, 4) is 5.75 Å². The van der Waals surface area contributed by atoms with Gasteiger partial charge in [0.15, 0.2) is 0 Å². The third kappa shape index (κ3) is 4.71. The molecule has 0 aliphatic rings. The number of aliphatic hydroxyl groups is 1. The van der Waals surface area contributed by atoms with E-state index in [0.717, 1.165) is 35.3 Å². The van der Waals surface area contributed by atoms with E-state index in [4.69, 9.17) is 4.74 Å². The summed E-state index contributed by atoms with van der Waals surface area (Å²) in [7, 11) is 3.47. The van der Waals surface area contributed by atoms with Gasteiger partial charge in [-0.25, -0.2) is 4.79 Å². The van der Waals surface area contributed by atoms with Crippen molar-refractivity contribution in [2.75, 3.05) is 6.61 Å². The molecule has 0 unspecified atom stereocenters. The van der Waals surface area contributed by atoms with Crippen molar-refractivity contribution in [1.82, 2.24) is 14.5 Å². The zero-order valence-corrected chi connectivity index (χ0v) is 17.9. The van der Waals surface area contributed by atoms with Gasteiger partial charge in [0.1, 0.15) is 18.5 Å². The van der Waals surface area contributed by atoms with Crippen LogP contribution in [-0.4, -0.2) is 26.4 Å². The molecule has 0 saturated heterocycles. The Morgan fingerprint density at radius 1 is 1.07 bits per heavy atom. The van der Waals surface area contributed by atoms with Gasteiger partial charge in [-0.05, 0) is 55.7 Å². The Morgan fingerprint density at radius 2 is 1.72 bits per heavy atom. The third-order valence-electron chi connectivity index (χ3n) is 5.67. The minimum absolute atomic E-state index is 0.0835. The van der Waals surface area contributed by atoms with Gasteiger partial charge in [0.05, 0.1) is 11.0 Å². The van der Waals surface area contributed by atoms with E-state index in [1.807, 2.05) is 42.5 Å². The highest BCUT2D eigenvalue weighted by molar-refractivity contribution is 5.76. The summed E-state index contributed by atoms with van der Waals surface area (Å²) in [5, 5.41) is 14.1. The Balaban J connectivity index is 1.62. The van der Waals surface area contributed by atoms with Crippen LogP contribution in [0.1, 0.15) is 44.4 Å². The molecule has 0 saturated carbocycles. The molecule has 1 aromatic heterocycles. The molecule has 0 bridgehead atoms. The predicted octanol–water partition coefficient (Wildman–Crippen LogP) is 3.27. The van der Waals surface area contributed by atoms with Crippen LogP contribution in [0, 0.1) is 0 Å². The van der Waals surface area contributed by atoms with E-state index in [0.29, 0.717) is 0 Å². The highest BCUT2D eigenvalue weighted by atomic mass is 16.5. The smallest absolute Gasteiger partial charge is 0.328 e. The van der Waals surface area contributed by atoms with Crippen LogP contribution >= 0.6 is 0 Å². The Bertz CT molecular complexity index is 1030. The summed E-state index contributed by atoms with van der Waals surface area (Å²) in [5.74, 6) is 0.718. The largest absolute Gasteiger partial charge is 0.491 e. The molecule has 6 nitrogen and oxygen atoms in total.